The molecule has 1 saturated carbocycles. The molecule has 0 amide bonds. The molecule has 0 radical (unpaired) electrons. The third kappa shape index (κ3) is 2.85. The van der Waals surface area contributed by atoms with Crippen LogP contribution in [0.1, 0.15) is 72.6 Å². The third-order valence-electron chi connectivity index (χ3n) is 6.29. The lowest BCUT2D eigenvalue weighted by molar-refractivity contribution is 0.0172. The van der Waals surface area contributed by atoms with Crippen LogP contribution >= 0.6 is 0 Å². The van der Waals surface area contributed by atoms with Crippen molar-refractivity contribution < 1.29 is 0 Å². The van der Waals surface area contributed by atoms with E-state index in [1.807, 2.05) is 0 Å². The molecule has 0 aromatic carbocycles. The van der Waals surface area contributed by atoms with Crippen LogP contribution in [0.2, 0.25) is 0 Å². The highest BCUT2D eigenvalue weighted by Gasteiger charge is 2.48. The Balaban J connectivity index is 2.15. The molecule has 2 N–H and O–H groups in total. The molecule has 1 atom stereocenters. The fraction of sp³-hybridized carbons (Fsp3) is 1.00. The Morgan fingerprint density at radius 3 is 2.21 bits per heavy atom. The van der Waals surface area contributed by atoms with Crippen molar-refractivity contribution in [2.24, 2.45) is 16.6 Å². The molecule has 0 bridgehead atoms. The Hall–Kier alpha value is -0.0800. The average Bonchev–Trinajstić information content (AvgIpc) is 2.83. The molecule has 2 heteroatoms. The number of hydrogen-bond donors (Lipinski definition) is 1. The van der Waals surface area contributed by atoms with Crippen LogP contribution in [0.15, 0.2) is 0 Å². The van der Waals surface area contributed by atoms with E-state index in [4.69, 9.17) is 5.73 Å². The van der Waals surface area contributed by atoms with Gasteiger partial charge in [-0.15, -0.1) is 0 Å². The van der Waals surface area contributed by atoms with Crippen molar-refractivity contribution in [1.29, 1.82) is 0 Å². The van der Waals surface area contributed by atoms with Crippen molar-refractivity contribution in [2.45, 2.75) is 78.2 Å². The molecule has 0 aromatic heterocycles. The summed E-state index contributed by atoms with van der Waals surface area (Å²) in [5.41, 5.74) is 7.62. The minimum absolute atomic E-state index is 0.299. The Bertz CT molecular complexity index is 306. The zero-order chi connectivity index (χ0) is 14.1. The van der Waals surface area contributed by atoms with Gasteiger partial charge in [0.25, 0.3) is 0 Å². The maximum atomic E-state index is 6.27. The van der Waals surface area contributed by atoms with E-state index >= 15 is 0 Å². The van der Waals surface area contributed by atoms with Gasteiger partial charge in [-0.2, -0.15) is 0 Å². The van der Waals surface area contributed by atoms with Gasteiger partial charge in [0.1, 0.15) is 0 Å². The zero-order valence-electron chi connectivity index (χ0n) is 13.6. The van der Waals surface area contributed by atoms with Crippen molar-refractivity contribution in [1.82, 2.24) is 4.90 Å². The van der Waals surface area contributed by atoms with E-state index < -0.39 is 0 Å². The number of nitrogens with two attached hydrogens (primary N) is 1. The van der Waals surface area contributed by atoms with Crippen LogP contribution in [-0.2, 0) is 0 Å². The van der Waals surface area contributed by atoms with Crippen molar-refractivity contribution in [3.05, 3.63) is 0 Å². The SMILES string of the molecule is CCC1(CC)CCN(C2(CN)CCCC(C)(C)C2)C1. The lowest BCUT2D eigenvalue weighted by atomic mass is 9.67. The molecular formula is C17H34N2. The Morgan fingerprint density at radius 1 is 1.05 bits per heavy atom. The predicted octanol–water partition coefficient (Wildman–Crippen LogP) is 3.80. The van der Waals surface area contributed by atoms with E-state index in [0.717, 1.165) is 6.54 Å². The predicted molar refractivity (Wildman–Crippen MR) is 83.2 cm³/mol. The van der Waals surface area contributed by atoms with E-state index in [1.54, 1.807) is 0 Å². The first-order valence-electron chi connectivity index (χ1n) is 8.36. The lowest BCUT2D eigenvalue weighted by Gasteiger charge is -2.50. The normalized spacial score (nSPS) is 34.6. The number of nitrogens with zero attached hydrogens (tertiary/aromatic N) is 1. The van der Waals surface area contributed by atoms with Crippen molar-refractivity contribution in [3.8, 4) is 0 Å². The van der Waals surface area contributed by atoms with E-state index in [-0.39, 0.29) is 0 Å². The van der Waals surface area contributed by atoms with E-state index in [9.17, 15) is 0 Å². The van der Waals surface area contributed by atoms with Gasteiger partial charge in [-0.05, 0) is 55.9 Å². The Kier molecular flexibility index (Phi) is 4.32. The second-order valence-electron chi connectivity index (χ2n) is 8.00. The molecule has 0 aromatic rings. The van der Waals surface area contributed by atoms with Gasteiger partial charge in [0.2, 0.25) is 0 Å². The molecule has 19 heavy (non-hydrogen) atoms. The van der Waals surface area contributed by atoms with Crippen molar-refractivity contribution in [2.75, 3.05) is 19.6 Å². The second-order valence-corrected chi connectivity index (χ2v) is 8.00. The lowest BCUT2D eigenvalue weighted by Crippen LogP contribution is -2.57. The molecule has 1 aliphatic heterocycles. The van der Waals surface area contributed by atoms with Crippen LogP contribution in [0.5, 0.6) is 0 Å². The molecule has 2 fully saturated rings. The van der Waals surface area contributed by atoms with Gasteiger partial charge >= 0.3 is 0 Å². The van der Waals surface area contributed by atoms with Crippen LogP contribution in [0, 0.1) is 10.8 Å². The van der Waals surface area contributed by atoms with E-state index in [2.05, 4.69) is 32.6 Å². The fourth-order valence-electron chi connectivity index (χ4n) is 4.70. The fourth-order valence-corrected chi connectivity index (χ4v) is 4.70. The molecule has 0 spiro atoms. The van der Waals surface area contributed by atoms with Crippen molar-refractivity contribution in [3.63, 3.8) is 0 Å². The van der Waals surface area contributed by atoms with Gasteiger partial charge in [0, 0.05) is 18.6 Å². The number of hydrogen-bond acceptors (Lipinski definition) is 2. The Labute approximate surface area is 120 Å². The summed E-state index contributed by atoms with van der Waals surface area (Å²) in [6.07, 6.45) is 9.36. The molecule has 112 valence electrons. The zero-order valence-corrected chi connectivity index (χ0v) is 13.6. The standard InChI is InChI=1S/C17H34N2/c1-5-16(6-2)10-11-19(14-16)17(13-18)9-7-8-15(3,4)12-17/h5-14,18H2,1-4H3. The highest BCUT2D eigenvalue weighted by atomic mass is 15.2. The summed E-state index contributed by atoms with van der Waals surface area (Å²) in [5, 5.41) is 0. The van der Waals surface area contributed by atoms with Gasteiger partial charge < -0.3 is 5.73 Å². The summed E-state index contributed by atoms with van der Waals surface area (Å²) in [4.78, 5) is 2.78. The summed E-state index contributed by atoms with van der Waals surface area (Å²) >= 11 is 0. The van der Waals surface area contributed by atoms with E-state index in [0.29, 0.717) is 16.4 Å². The van der Waals surface area contributed by atoms with Crippen LogP contribution in [-0.4, -0.2) is 30.1 Å². The summed E-state index contributed by atoms with van der Waals surface area (Å²) in [7, 11) is 0. The largest absolute Gasteiger partial charge is 0.329 e. The molecule has 2 nitrogen and oxygen atoms in total. The van der Waals surface area contributed by atoms with Crippen molar-refractivity contribution >= 4 is 0 Å². The number of rotatable bonds is 4. The maximum absolute atomic E-state index is 6.27. The molecule has 1 unspecified atom stereocenters. The van der Waals surface area contributed by atoms with Crippen LogP contribution in [0.25, 0.3) is 0 Å². The molecule has 1 aliphatic carbocycles. The molecule has 1 heterocycles. The first kappa shape index (κ1) is 15.3. The van der Waals surface area contributed by atoms with Gasteiger partial charge in [0.15, 0.2) is 0 Å². The van der Waals surface area contributed by atoms with Crippen LogP contribution in [0.3, 0.4) is 0 Å². The third-order valence-corrected chi connectivity index (χ3v) is 6.29. The smallest absolute Gasteiger partial charge is 0.0337 e. The summed E-state index contributed by atoms with van der Waals surface area (Å²) in [5.74, 6) is 0. The second kappa shape index (κ2) is 5.37. The maximum Gasteiger partial charge on any atom is 0.0337 e. The molecule has 1 saturated heterocycles. The minimum atomic E-state index is 0.299. The van der Waals surface area contributed by atoms with Crippen LogP contribution in [0.4, 0.5) is 0 Å². The monoisotopic (exact) mass is 266 g/mol. The van der Waals surface area contributed by atoms with Gasteiger partial charge in [-0.25, -0.2) is 0 Å². The number of likely N-dealkylation sites (tertiary alicyclic amines) is 1. The summed E-state index contributed by atoms with van der Waals surface area (Å²) in [6.45, 7) is 13.0. The molecule has 2 aliphatic rings. The highest BCUT2D eigenvalue weighted by molar-refractivity contribution is 5.03. The Morgan fingerprint density at radius 2 is 1.74 bits per heavy atom. The first-order valence-corrected chi connectivity index (χ1v) is 8.36. The van der Waals surface area contributed by atoms with Gasteiger partial charge in [-0.1, -0.05) is 34.1 Å². The van der Waals surface area contributed by atoms with E-state index in [1.165, 1.54) is 58.0 Å². The molecular weight excluding hydrogens is 232 g/mol. The topological polar surface area (TPSA) is 29.3 Å². The van der Waals surface area contributed by atoms with Gasteiger partial charge in [-0.3, -0.25) is 4.90 Å². The minimum Gasteiger partial charge on any atom is -0.329 e. The first-order chi connectivity index (χ1) is 8.91. The average molecular weight is 266 g/mol. The summed E-state index contributed by atoms with van der Waals surface area (Å²) in [6, 6.07) is 0. The molecule has 2 rings (SSSR count). The quantitative estimate of drug-likeness (QED) is 0.838. The van der Waals surface area contributed by atoms with Crippen LogP contribution < -0.4 is 5.73 Å². The highest BCUT2D eigenvalue weighted by Crippen LogP contribution is 2.48. The van der Waals surface area contributed by atoms with Gasteiger partial charge in [0.05, 0.1) is 0 Å². The summed E-state index contributed by atoms with van der Waals surface area (Å²) < 4.78 is 0.